The van der Waals surface area contributed by atoms with E-state index < -0.39 is 5.97 Å². The number of nitrogens with two attached hydrogens (primary N) is 1. The Labute approximate surface area is 156 Å². The summed E-state index contributed by atoms with van der Waals surface area (Å²) in [6.45, 7) is 4.12. The number of anilines is 1. The van der Waals surface area contributed by atoms with Gasteiger partial charge in [0, 0.05) is 5.02 Å². The van der Waals surface area contributed by atoms with E-state index in [-0.39, 0.29) is 12.6 Å². The molecule has 0 amide bonds. The number of carbonyl (C=O) groups is 1. The van der Waals surface area contributed by atoms with E-state index in [1.165, 1.54) is 0 Å². The molecule has 2 N–H and O–H groups in total. The Bertz CT molecular complexity index is 769. The van der Waals surface area contributed by atoms with Gasteiger partial charge in [-0.3, -0.25) is 0 Å². The van der Waals surface area contributed by atoms with E-state index in [0.717, 1.165) is 0 Å². The second-order valence-electron chi connectivity index (χ2n) is 5.24. The van der Waals surface area contributed by atoms with Crippen LogP contribution < -0.4 is 10.5 Å². The topological polar surface area (TPSA) is 87.3 Å². The third-order valence-electron chi connectivity index (χ3n) is 3.37. The molecule has 2 rings (SSSR count). The maximum atomic E-state index is 12.1. The Morgan fingerprint density at radius 1 is 1.28 bits per heavy atom. The first kappa shape index (κ1) is 19.3. The van der Waals surface area contributed by atoms with Gasteiger partial charge in [-0.05, 0) is 44.9 Å². The highest BCUT2D eigenvalue weighted by atomic mass is 35.5. The summed E-state index contributed by atoms with van der Waals surface area (Å²) in [6.07, 6.45) is 1.11. The number of nitrogen functional groups attached to an aromatic ring is 1. The Morgan fingerprint density at radius 2 is 2.04 bits per heavy atom. The van der Waals surface area contributed by atoms with Crippen LogP contribution in [-0.2, 0) is 11.2 Å². The number of aryl methyl sites for hydroxylation is 2. The summed E-state index contributed by atoms with van der Waals surface area (Å²) < 4.78 is 10.7. The van der Waals surface area contributed by atoms with Crippen molar-refractivity contribution in [1.82, 2.24) is 9.97 Å². The van der Waals surface area contributed by atoms with Crippen molar-refractivity contribution in [3.05, 3.63) is 45.2 Å². The summed E-state index contributed by atoms with van der Waals surface area (Å²) >= 11 is 11.9. The minimum Gasteiger partial charge on any atom is -0.492 e. The highest BCUT2D eigenvalue weighted by molar-refractivity contribution is 6.35. The molecule has 1 heterocycles. The van der Waals surface area contributed by atoms with Gasteiger partial charge in [-0.15, -0.1) is 0 Å². The fourth-order valence-electron chi connectivity index (χ4n) is 2.32. The molecule has 0 fully saturated rings. The Hall–Kier alpha value is -2.05. The number of hydrogen-bond acceptors (Lipinski definition) is 6. The second-order valence-corrected chi connectivity index (χ2v) is 6.08. The maximum absolute atomic E-state index is 12.1. The number of nitrogens with zero attached hydrogens (tertiary/aromatic N) is 2. The second kappa shape index (κ2) is 8.87. The first-order chi connectivity index (χ1) is 11.9. The predicted octanol–water partition coefficient (Wildman–Crippen LogP) is 3.86. The maximum Gasteiger partial charge on any atom is 0.341 e. The van der Waals surface area contributed by atoms with E-state index in [1.807, 2.05) is 0 Å². The van der Waals surface area contributed by atoms with Crippen LogP contribution in [0.5, 0.6) is 5.75 Å². The number of benzene rings is 1. The van der Waals surface area contributed by atoms with Crippen LogP contribution in [-0.4, -0.2) is 29.2 Å². The normalized spacial score (nSPS) is 10.6. The standard InChI is InChI=1S/C17H19Cl2N3O3/c1-3-24-16(23)15-10(2)21-17(20)22-13(15)5-4-8-25-14-7-6-11(18)9-12(14)19/h6-7,9H,3-5,8H2,1-2H3,(H2,20,21,22). The minimum absolute atomic E-state index is 0.127. The van der Waals surface area contributed by atoms with Gasteiger partial charge < -0.3 is 15.2 Å². The van der Waals surface area contributed by atoms with E-state index in [9.17, 15) is 4.79 Å². The predicted molar refractivity (Wildman–Crippen MR) is 97.4 cm³/mol. The van der Waals surface area contributed by atoms with Crippen molar-refractivity contribution in [1.29, 1.82) is 0 Å². The van der Waals surface area contributed by atoms with Crippen molar-refractivity contribution in [2.24, 2.45) is 0 Å². The van der Waals surface area contributed by atoms with Gasteiger partial charge in [0.1, 0.15) is 11.3 Å². The Morgan fingerprint density at radius 3 is 2.72 bits per heavy atom. The molecular formula is C17H19Cl2N3O3. The van der Waals surface area contributed by atoms with Crippen molar-refractivity contribution >= 4 is 35.1 Å². The summed E-state index contributed by atoms with van der Waals surface area (Å²) in [6, 6.07) is 5.03. The molecule has 1 aromatic heterocycles. The molecule has 0 atom stereocenters. The zero-order chi connectivity index (χ0) is 18.4. The molecular weight excluding hydrogens is 365 g/mol. The lowest BCUT2D eigenvalue weighted by Gasteiger charge is -2.12. The van der Waals surface area contributed by atoms with Gasteiger partial charge in [-0.1, -0.05) is 23.2 Å². The quantitative estimate of drug-likeness (QED) is 0.576. The van der Waals surface area contributed by atoms with Crippen LogP contribution in [0.1, 0.15) is 35.1 Å². The van der Waals surface area contributed by atoms with Gasteiger partial charge in [0.15, 0.2) is 0 Å². The molecule has 6 nitrogen and oxygen atoms in total. The van der Waals surface area contributed by atoms with Crippen LogP contribution in [0, 0.1) is 6.92 Å². The molecule has 134 valence electrons. The molecule has 0 radical (unpaired) electrons. The zero-order valence-electron chi connectivity index (χ0n) is 14.0. The first-order valence-corrected chi connectivity index (χ1v) is 8.56. The zero-order valence-corrected chi connectivity index (χ0v) is 15.5. The average molecular weight is 384 g/mol. The molecule has 25 heavy (non-hydrogen) atoms. The van der Waals surface area contributed by atoms with Crippen LogP contribution in [0.3, 0.4) is 0 Å². The Balaban J connectivity index is 2.03. The monoisotopic (exact) mass is 383 g/mol. The first-order valence-electron chi connectivity index (χ1n) is 7.80. The fraction of sp³-hybridized carbons (Fsp3) is 0.353. The van der Waals surface area contributed by atoms with Crippen LogP contribution in [0.25, 0.3) is 0 Å². The van der Waals surface area contributed by atoms with Crippen molar-refractivity contribution in [2.75, 3.05) is 18.9 Å². The molecule has 8 heteroatoms. The number of ether oxygens (including phenoxy) is 2. The van der Waals surface area contributed by atoms with Gasteiger partial charge in [-0.2, -0.15) is 0 Å². The SMILES string of the molecule is CCOC(=O)c1c(C)nc(N)nc1CCCOc1ccc(Cl)cc1Cl. The van der Waals surface area contributed by atoms with Gasteiger partial charge in [0.05, 0.1) is 29.6 Å². The molecule has 0 spiro atoms. The summed E-state index contributed by atoms with van der Waals surface area (Å²) in [5.41, 5.74) is 7.11. The van der Waals surface area contributed by atoms with E-state index >= 15 is 0 Å². The third-order valence-corrected chi connectivity index (χ3v) is 3.90. The van der Waals surface area contributed by atoms with Crippen LogP contribution in [0.4, 0.5) is 5.95 Å². The Kier molecular flexibility index (Phi) is 6.84. The van der Waals surface area contributed by atoms with Crippen molar-refractivity contribution in [3.8, 4) is 5.75 Å². The van der Waals surface area contributed by atoms with E-state index in [2.05, 4.69) is 9.97 Å². The molecule has 1 aromatic carbocycles. The van der Waals surface area contributed by atoms with Gasteiger partial charge in [0.25, 0.3) is 0 Å². The van der Waals surface area contributed by atoms with Gasteiger partial charge in [-0.25, -0.2) is 14.8 Å². The van der Waals surface area contributed by atoms with Crippen LogP contribution in [0.15, 0.2) is 18.2 Å². The highest BCUT2D eigenvalue weighted by Crippen LogP contribution is 2.27. The number of esters is 1. The smallest absolute Gasteiger partial charge is 0.341 e. The molecule has 0 aliphatic carbocycles. The van der Waals surface area contributed by atoms with Crippen LogP contribution in [0.2, 0.25) is 10.0 Å². The third kappa shape index (κ3) is 5.21. The van der Waals surface area contributed by atoms with Crippen LogP contribution >= 0.6 is 23.2 Å². The summed E-state index contributed by atoms with van der Waals surface area (Å²) in [7, 11) is 0. The molecule has 0 bridgehead atoms. The molecule has 0 aliphatic heterocycles. The molecule has 0 unspecified atom stereocenters. The largest absolute Gasteiger partial charge is 0.492 e. The molecule has 2 aromatic rings. The van der Waals surface area contributed by atoms with Gasteiger partial charge in [0.2, 0.25) is 5.95 Å². The van der Waals surface area contributed by atoms with Gasteiger partial charge >= 0.3 is 5.97 Å². The van der Waals surface area contributed by atoms with E-state index in [0.29, 0.717) is 52.2 Å². The lowest BCUT2D eigenvalue weighted by atomic mass is 10.1. The lowest BCUT2D eigenvalue weighted by Crippen LogP contribution is -2.15. The van der Waals surface area contributed by atoms with E-state index in [4.69, 9.17) is 38.4 Å². The van der Waals surface area contributed by atoms with Crippen molar-refractivity contribution < 1.29 is 14.3 Å². The highest BCUT2D eigenvalue weighted by Gasteiger charge is 2.19. The van der Waals surface area contributed by atoms with E-state index in [1.54, 1.807) is 32.0 Å². The average Bonchev–Trinajstić information content (AvgIpc) is 2.52. The van der Waals surface area contributed by atoms with Crippen molar-refractivity contribution in [2.45, 2.75) is 26.7 Å². The number of aromatic nitrogens is 2. The number of carbonyl (C=O) groups excluding carboxylic acids is 1. The fourth-order valence-corrected chi connectivity index (χ4v) is 2.78. The van der Waals surface area contributed by atoms with Crippen molar-refractivity contribution in [3.63, 3.8) is 0 Å². The summed E-state index contributed by atoms with van der Waals surface area (Å²) in [4.78, 5) is 20.3. The summed E-state index contributed by atoms with van der Waals surface area (Å²) in [5.74, 6) is 0.231. The molecule has 0 aliphatic rings. The summed E-state index contributed by atoms with van der Waals surface area (Å²) in [5, 5.41) is 0.991. The minimum atomic E-state index is -0.448. The number of rotatable bonds is 7. The molecule has 0 saturated carbocycles. The number of hydrogen-bond donors (Lipinski definition) is 1. The number of halogens is 2. The molecule has 0 saturated heterocycles. The lowest BCUT2D eigenvalue weighted by molar-refractivity contribution is 0.0523.